The Kier molecular flexibility index (Phi) is 8.13. The minimum atomic E-state index is -0.733. The molecule has 0 bridgehead atoms. The summed E-state index contributed by atoms with van der Waals surface area (Å²) in [4.78, 5) is 32.0. The maximum atomic E-state index is 13.8. The molecule has 1 aromatic heterocycles. The van der Waals surface area contributed by atoms with Crippen molar-refractivity contribution in [1.29, 1.82) is 0 Å². The lowest BCUT2D eigenvalue weighted by Gasteiger charge is -2.25. The number of ether oxygens (including phenoxy) is 4. The minimum absolute atomic E-state index is 0.206. The Hall–Kier alpha value is -3.85. The molecule has 0 fully saturated rings. The summed E-state index contributed by atoms with van der Waals surface area (Å²) in [5, 5.41) is 0. The van der Waals surface area contributed by atoms with E-state index in [1.54, 1.807) is 31.6 Å². The van der Waals surface area contributed by atoms with E-state index in [0.29, 0.717) is 50.9 Å². The molecule has 0 amide bonds. The van der Waals surface area contributed by atoms with Crippen molar-refractivity contribution in [1.82, 2.24) is 4.57 Å². The van der Waals surface area contributed by atoms with Gasteiger partial charge in [0.15, 0.2) is 16.3 Å². The Morgan fingerprint density at radius 1 is 1.03 bits per heavy atom. The first-order valence-corrected chi connectivity index (χ1v) is 13.0. The molecule has 4 rings (SSSR count). The highest BCUT2D eigenvalue weighted by molar-refractivity contribution is 7.07. The molecule has 1 aliphatic rings. The molecule has 0 unspecified atom stereocenters. The van der Waals surface area contributed by atoms with Gasteiger partial charge in [0.1, 0.15) is 5.75 Å². The van der Waals surface area contributed by atoms with Crippen LogP contribution in [0.4, 0.5) is 0 Å². The van der Waals surface area contributed by atoms with Gasteiger partial charge in [-0.3, -0.25) is 9.36 Å². The van der Waals surface area contributed by atoms with E-state index in [4.69, 9.17) is 18.9 Å². The Morgan fingerprint density at radius 3 is 2.38 bits per heavy atom. The normalized spacial score (nSPS) is 15.2. The molecule has 2 heterocycles. The van der Waals surface area contributed by atoms with Gasteiger partial charge in [-0.2, -0.15) is 0 Å². The van der Waals surface area contributed by atoms with Gasteiger partial charge in [0.05, 0.1) is 48.8 Å². The van der Waals surface area contributed by atoms with Crippen LogP contribution in [0.2, 0.25) is 0 Å². The van der Waals surface area contributed by atoms with Crippen molar-refractivity contribution in [2.45, 2.75) is 33.7 Å². The number of carbonyl (C=O) groups is 1. The van der Waals surface area contributed by atoms with Crippen LogP contribution in [-0.2, 0) is 9.53 Å². The summed E-state index contributed by atoms with van der Waals surface area (Å²) < 4.78 is 24.2. The molecule has 194 valence electrons. The number of allylic oxidation sites excluding steroid dienone is 1. The summed E-state index contributed by atoms with van der Waals surface area (Å²) in [6, 6.07) is 12.2. The maximum absolute atomic E-state index is 13.8. The average molecular weight is 523 g/mol. The summed E-state index contributed by atoms with van der Waals surface area (Å²) in [5.74, 6) is 1.36. The largest absolute Gasteiger partial charge is 0.497 e. The number of thiazole rings is 1. The summed E-state index contributed by atoms with van der Waals surface area (Å²) >= 11 is 1.28. The number of benzene rings is 2. The molecule has 3 aromatic rings. The van der Waals surface area contributed by atoms with E-state index >= 15 is 0 Å². The Morgan fingerprint density at radius 2 is 1.73 bits per heavy atom. The van der Waals surface area contributed by atoms with Gasteiger partial charge in [-0.25, -0.2) is 9.79 Å². The fraction of sp³-hybridized carbons (Fsp3) is 0.321. The van der Waals surface area contributed by atoms with Gasteiger partial charge >= 0.3 is 5.97 Å². The topological polar surface area (TPSA) is 88.4 Å². The van der Waals surface area contributed by atoms with Crippen LogP contribution in [0.25, 0.3) is 6.08 Å². The zero-order valence-electron chi connectivity index (χ0n) is 21.6. The third kappa shape index (κ3) is 5.32. The van der Waals surface area contributed by atoms with Crippen molar-refractivity contribution in [2.24, 2.45) is 4.99 Å². The first-order chi connectivity index (χ1) is 17.9. The third-order valence-corrected chi connectivity index (χ3v) is 6.80. The molecule has 0 saturated carbocycles. The molecule has 0 radical (unpaired) electrons. The first-order valence-electron chi connectivity index (χ1n) is 12.1. The number of fused-ring (bicyclic) bond motifs is 1. The van der Waals surface area contributed by atoms with Gasteiger partial charge in [0.2, 0.25) is 0 Å². The third-order valence-electron chi connectivity index (χ3n) is 5.81. The molecular weight excluding hydrogens is 492 g/mol. The highest BCUT2D eigenvalue weighted by atomic mass is 32.1. The molecule has 0 aliphatic carbocycles. The van der Waals surface area contributed by atoms with Crippen LogP contribution < -0.4 is 29.1 Å². The highest BCUT2D eigenvalue weighted by Gasteiger charge is 2.34. The Bertz CT molecular complexity index is 1500. The van der Waals surface area contributed by atoms with E-state index in [2.05, 4.69) is 4.99 Å². The van der Waals surface area contributed by atoms with Crippen LogP contribution in [0.15, 0.2) is 63.5 Å². The predicted molar refractivity (Wildman–Crippen MR) is 142 cm³/mol. The number of nitrogens with zero attached hydrogens (tertiary/aromatic N) is 2. The fourth-order valence-electron chi connectivity index (χ4n) is 4.20. The Balaban J connectivity index is 1.92. The minimum Gasteiger partial charge on any atom is -0.497 e. The Labute approximate surface area is 219 Å². The van der Waals surface area contributed by atoms with Crippen LogP contribution in [0.3, 0.4) is 0 Å². The summed E-state index contributed by atoms with van der Waals surface area (Å²) in [7, 11) is 1.61. The van der Waals surface area contributed by atoms with Gasteiger partial charge in [0, 0.05) is 0 Å². The molecule has 9 heteroatoms. The van der Waals surface area contributed by atoms with Crippen molar-refractivity contribution >= 4 is 23.4 Å². The molecule has 2 aromatic carbocycles. The molecule has 0 saturated heterocycles. The second-order valence-electron chi connectivity index (χ2n) is 8.15. The second-order valence-corrected chi connectivity index (χ2v) is 9.16. The lowest BCUT2D eigenvalue weighted by Crippen LogP contribution is -2.40. The van der Waals surface area contributed by atoms with E-state index in [1.165, 1.54) is 11.3 Å². The van der Waals surface area contributed by atoms with Crippen molar-refractivity contribution in [2.75, 3.05) is 26.9 Å². The molecular formula is C28H30N2O6S. The van der Waals surface area contributed by atoms with Crippen LogP contribution in [0, 0.1) is 0 Å². The molecule has 0 N–H and O–H groups in total. The zero-order chi connectivity index (χ0) is 26.5. The number of methoxy groups -OCH3 is 1. The van der Waals surface area contributed by atoms with E-state index in [-0.39, 0.29) is 12.2 Å². The van der Waals surface area contributed by atoms with E-state index in [0.717, 1.165) is 11.3 Å². The molecule has 0 spiro atoms. The smallest absolute Gasteiger partial charge is 0.338 e. The van der Waals surface area contributed by atoms with Crippen LogP contribution >= 0.6 is 11.3 Å². The fourth-order valence-corrected chi connectivity index (χ4v) is 5.24. The molecule has 1 aliphatic heterocycles. The van der Waals surface area contributed by atoms with Gasteiger partial charge in [0.25, 0.3) is 5.56 Å². The monoisotopic (exact) mass is 522 g/mol. The van der Waals surface area contributed by atoms with Gasteiger partial charge in [-0.05, 0) is 69.2 Å². The number of aromatic nitrogens is 1. The van der Waals surface area contributed by atoms with Crippen molar-refractivity contribution < 1.29 is 23.7 Å². The number of hydrogen-bond acceptors (Lipinski definition) is 8. The quantitative estimate of drug-likeness (QED) is 0.399. The summed E-state index contributed by atoms with van der Waals surface area (Å²) in [6.45, 7) is 8.42. The lowest BCUT2D eigenvalue weighted by atomic mass is 9.95. The number of carbonyl (C=O) groups excluding carboxylic acids is 1. The summed E-state index contributed by atoms with van der Waals surface area (Å²) in [5.41, 5.74) is 2.13. The van der Waals surface area contributed by atoms with Gasteiger partial charge < -0.3 is 18.9 Å². The van der Waals surface area contributed by atoms with Crippen LogP contribution in [0.1, 0.15) is 44.9 Å². The van der Waals surface area contributed by atoms with Crippen molar-refractivity contribution in [3.05, 3.63) is 84.5 Å². The second kappa shape index (κ2) is 11.5. The number of hydrogen-bond donors (Lipinski definition) is 0. The van der Waals surface area contributed by atoms with Crippen molar-refractivity contribution in [3.8, 4) is 17.2 Å². The standard InChI is InChI=1S/C28H30N2O6S/c1-6-34-21-14-11-19(16-22(21)35-7-2)25-24(27(32)36-8-3)17(4)29-28-30(25)26(31)23(37-28)15-18-9-12-20(33-5)13-10-18/h9-16,25H,6-8H2,1-5H3/b23-15-/t25-/m1/s1. The van der Waals surface area contributed by atoms with Crippen LogP contribution in [-0.4, -0.2) is 37.5 Å². The SMILES string of the molecule is CCOC(=O)C1=C(C)N=c2s/c(=C\c3ccc(OC)cc3)c(=O)n2[C@@H]1c1ccc(OCC)c(OCC)c1. The number of esters is 1. The lowest BCUT2D eigenvalue weighted by molar-refractivity contribution is -0.139. The van der Waals surface area contributed by atoms with Crippen molar-refractivity contribution in [3.63, 3.8) is 0 Å². The molecule has 37 heavy (non-hydrogen) atoms. The summed E-state index contributed by atoms with van der Waals surface area (Å²) in [6.07, 6.45) is 1.81. The van der Waals surface area contributed by atoms with E-state index in [1.807, 2.05) is 56.3 Å². The number of rotatable bonds is 9. The first kappa shape index (κ1) is 26.2. The van der Waals surface area contributed by atoms with E-state index in [9.17, 15) is 9.59 Å². The van der Waals surface area contributed by atoms with Gasteiger partial charge in [-0.1, -0.05) is 29.5 Å². The predicted octanol–water partition coefficient (Wildman–Crippen LogP) is 3.60. The maximum Gasteiger partial charge on any atom is 0.338 e. The molecule has 1 atom stereocenters. The zero-order valence-corrected chi connectivity index (χ0v) is 22.4. The molecule has 8 nitrogen and oxygen atoms in total. The van der Waals surface area contributed by atoms with Crippen LogP contribution in [0.5, 0.6) is 17.2 Å². The average Bonchev–Trinajstić information content (AvgIpc) is 3.19. The van der Waals surface area contributed by atoms with E-state index < -0.39 is 12.0 Å². The van der Waals surface area contributed by atoms with Gasteiger partial charge in [-0.15, -0.1) is 0 Å². The highest BCUT2D eigenvalue weighted by Crippen LogP contribution is 2.36.